The van der Waals surface area contributed by atoms with Gasteiger partial charge in [-0.05, 0) is 35.5 Å². The van der Waals surface area contributed by atoms with Crippen LogP contribution in [0.1, 0.15) is 21.2 Å². The van der Waals surface area contributed by atoms with Crippen LogP contribution in [0.2, 0.25) is 0 Å². The number of hydrogen-bond donors (Lipinski definition) is 1. The van der Waals surface area contributed by atoms with Gasteiger partial charge in [0.05, 0.1) is 10.7 Å². The molecule has 2 heterocycles. The fourth-order valence-corrected chi connectivity index (χ4v) is 2.63. The number of carbonyl (C=O) groups excluding carboxylic acids is 1. The van der Waals surface area contributed by atoms with Crippen LogP contribution in [0.25, 0.3) is 5.69 Å². The van der Waals surface area contributed by atoms with Gasteiger partial charge in [-0.2, -0.15) is 4.68 Å². The largest absolute Gasteiger partial charge is 0.352 e. The molecule has 3 rings (SSSR count). The fourth-order valence-electron chi connectivity index (χ4n) is 2.01. The number of thiazole rings is 1. The first-order chi connectivity index (χ1) is 10.7. The number of amides is 1. The van der Waals surface area contributed by atoms with Crippen molar-refractivity contribution in [2.24, 2.45) is 0 Å². The summed E-state index contributed by atoms with van der Waals surface area (Å²) in [6, 6.07) is 7.20. The highest BCUT2D eigenvalue weighted by Gasteiger charge is 2.09. The summed E-state index contributed by atoms with van der Waals surface area (Å²) in [5, 5.41) is 17.2. The highest BCUT2D eigenvalue weighted by molar-refractivity contribution is 7.09. The molecule has 1 aromatic carbocycles. The quantitative estimate of drug-likeness (QED) is 0.769. The molecule has 0 atom stereocenters. The summed E-state index contributed by atoms with van der Waals surface area (Å²) in [4.78, 5) is 16.4. The Morgan fingerprint density at radius 1 is 1.41 bits per heavy atom. The summed E-state index contributed by atoms with van der Waals surface area (Å²) in [6.07, 6.45) is 2.50. The van der Waals surface area contributed by atoms with Crippen molar-refractivity contribution in [1.29, 1.82) is 0 Å². The summed E-state index contributed by atoms with van der Waals surface area (Å²) < 4.78 is 1.59. The molecular weight excluding hydrogens is 300 g/mol. The van der Waals surface area contributed by atoms with E-state index in [9.17, 15) is 4.79 Å². The van der Waals surface area contributed by atoms with Crippen molar-refractivity contribution in [1.82, 2.24) is 30.5 Å². The Kier molecular flexibility index (Phi) is 4.19. The molecule has 7 nitrogen and oxygen atoms in total. The minimum atomic E-state index is -0.121. The van der Waals surface area contributed by atoms with Crippen molar-refractivity contribution in [2.45, 2.75) is 13.3 Å². The van der Waals surface area contributed by atoms with E-state index in [1.807, 2.05) is 17.5 Å². The van der Waals surface area contributed by atoms with Crippen LogP contribution >= 0.6 is 11.3 Å². The summed E-state index contributed by atoms with van der Waals surface area (Å²) in [7, 11) is 0. The normalized spacial score (nSPS) is 10.6. The second kappa shape index (κ2) is 6.44. The van der Waals surface area contributed by atoms with Crippen molar-refractivity contribution < 1.29 is 4.79 Å². The minimum Gasteiger partial charge on any atom is -0.352 e. The summed E-state index contributed by atoms with van der Waals surface area (Å²) in [6.45, 7) is 2.36. The third kappa shape index (κ3) is 3.17. The summed E-state index contributed by atoms with van der Waals surface area (Å²) in [5.41, 5.74) is 1.33. The third-order valence-corrected chi connectivity index (χ3v) is 3.93. The Hall–Kier alpha value is -2.61. The standard InChI is InChI=1S/C14H14N6OS/c1-10-17-18-19-20(10)12-4-2-3-11(9-12)14(21)16-6-5-13-15-7-8-22-13/h2-4,7-9H,5-6H2,1H3,(H,16,21). The molecule has 0 spiro atoms. The molecule has 2 aromatic heterocycles. The van der Waals surface area contributed by atoms with Crippen molar-refractivity contribution in [3.8, 4) is 5.69 Å². The number of carbonyl (C=O) groups is 1. The molecule has 0 saturated heterocycles. The minimum absolute atomic E-state index is 0.121. The predicted octanol–water partition coefficient (Wildman–Crippen LogP) is 1.40. The lowest BCUT2D eigenvalue weighted by Gasteiger charge is -2.06. The second-order valence-corrected chi connectivity index (χ2v) is 5.60. The van der Waals surface area contributed by atoms with Crippen LogP contribution < -0.4 is 5.32 Å². The Labute approximate surface area is 131 Å². The van der Waals surface area contributed by atoms with E-state index in [4.69, 9.17) is 0 Å². The number of tetrazole rings is 1. The van der Waals surface area contributed by atoms with Crippen molar-refractivity contribution in [2.75, 3.05) is 6.54 Å². The topological polar surface area (TPSA) is 85.6 Å². The first-order valence-electron chi connectivity index (χ1n) is 6.76. The molecule has 0 radical (unpaired) electrons. The van der Waals surface area contributed by atoms with Crippen molar-refractivity contribution in [3.63, 3.8) is 0 Å². The van der Waals surface area contributed by atoms with Gasteiger partial charge in [-0.15, -0.1) is 16.4 Å². The first-order valence-corrected chi connectivity index (χ1v) is 7.64. The molecule has 22 heavy (non-hydrogen) atoms. The van der Waals surface area contributed by atoms with Crippen LogP contribution in [0.4, 0.5) is 0 Å². The number of nitrogens with one attached hydrogen (secondary N) is 1. The zero-order chi connectivity index (χ0) is 15.4. The number of nitrogens with zero attached hydrogens (tertiary/aromatic N) is 5. The van der Waals surface area contributed by atoms with Gasteiger partial charge in [0.15, 0.2) is 5.82 Å². The zero-order valence-corrected chi connectivity index (χ0v) is 12.7. The van der Waals surface area contributed by atoms with E-state index < -0.39 is 0 Å². The van der Waals surface area contributed by atoms with E-state index >= 15 is 0 Å². The molecular formula is C14H14N6OS. The van der Waals surface area contributed by atoms with E-state index in [-0.39, 0.29) is 5.91 Å². The zero-order valence-electron chi connectivity index (χ0n) is 11.9. The van der Waals surface area contributed by atoms with Crippen molar-refractivity contribution in [3.05, 3.63) is 52.2 Å². The van der Waals surface area contributed by atoms with E-state index in [1.54, 1.807) is 41.3 Å². The Morgan fingerprint density at radius 3 is 3.05 bits per heavy atom. The summed E-state index contributed by atoms with van der Waals surface area (Å²) >= 11 is 1.58. The monoisotopic (exact) mass is 314 g/mol. The average Bonchev–Trinajstić information content (AvgIpc) is 3.19. The molecule has 0 bridgehead atoms. The predicted molar refractivity (Wildman–Crippen MR) is 82.0 cm³/mol. The van der Waals surface area contributed by atoms with Crippen LogP contribution in [0.5, 0.6) is 0 Å². The highest BCUT2D eigenvalue weighted by Crippen LogP contribution is 2.10. The molecule has 112 valence electrons. The maximum Gasteiger partial charge on any atom is 0.251 e. The molecule has 0 saturated carbocycles. The van der Waals surface area contributed by atoms with Gasteiger partial charge in [-0.25, -0.2) is 4.98 Å². The van der Waals surface area contributed by atoms with Gasteiger partial charge in [-0.3, -0.25) is 4.79 Å². The third-order valence-electron chi connectivity index (χ3n) is 3.09. The molecule has 0 aliphatic carbocycles. The number of aryl methyl sites for hydroxylation is 1. The van der Waals surface area contributed by atoms with Gasteiger partial charge in [0, 0.05) is 30.1 Å². The molecule has 0 aliphatic rings. The maximum atomic E-state index is 12.2. The lowest BCUT2D eigenvalue weighted by molar-refractivity contribution is 0.0954. The number of aromatic nitrogens is 5. The van der Waals surface area contributed by atoms with Gasteiger partial charge >= 0.3 is 0 Å². The van der Waals surface area contributed by atoms with Crippen LogP contribution in [-0.4, -0.2) is 37.6 Å². The average molecular weight is 314 g/mol. The lowest BCUT2D eigenvalue weighted by atomic mass is 10.2. The van der Waals surface area contributed by atoms with Crippen LogP contribution in [0, 0.1) is 6.92 Å². The summed E-state index contributed by atoms with van der Waals surface area (Å²) in [5.74, 6) is 0.547. The fraction of sp³-hybridized carbons (Fsp3) is 0.214. The lowest BCUT2D eigenvalue weighted by Crippen LogP contribution is -2.25. The van der Waals surface area contributed by atoms with E-state index in [0.717, 1.165) is 17.1 Å². The molecule has 0 aliphatic heterocycles. The van der Waals surface area contributed by atoms with Crippen LogP contribution in [0.15, 0.2) is 35.8 Å². The van der Waals surface area contributed by atoms with Crippen LogP contribution in [0.3, 0.4) is 0 Å². The Morgan fingerprint density at radius 2 is 2.32 bits per heavy atom. The molecule has 1 N–H and O–H groups in total. The van der Waals surface area contributed by atoms with Gasteiger partial charge in [0.25, 0.3) is 5.91 Å². The smallest absolute Gasteiger partial charge is 0.251 e. The first kappa shape index (κ1) is 14.3. The van der Waals surface area contributed by atoms with E-state index in [2.05, 4.69) is 25.8 Å². The van der Waals surface area contributed by atoms with Crippen LogP contribution in [-0.2, 0) is 6.42 Å². The van der Waals surface area contributed by atoms with Gasteiger partial charge in [-0.1, -0.05) is 6.07 Å². The van der Waals surface area contributed by atoms with E-state index in [0.29, 0.717) is 17.9 Å². The number of benzene rings is 1. The van der Waals surface area contributed by atoms with Crippen molar-refractivity contribution >= 4 is 17.2 Å². The molecule has 1 amide bonds. The molecule has 0 fully saturated rings. The molecule has 8 heteroatoms. The SMILES string of the molecule is Cc1nnnn1-c1cccc(C(=O)NCCc2nccs2)c1. The van der Waals surface area contributed by atoms with Gasteiger partial charge in [0.2, 0.25) is 0 Å². The number of hydrogen-bond acceptors (Lipinski definition) is 6. The molecule has 0 unspecified atom stereocenters. The van der Waals surface area contributed by atoms with Gasteiger partial charge < -0.3 is 5.32 Å². The second-order valence-electron chi connectivity index (χ2n) is 4.62. The Balaban J connectivity index is 1.66. The van der Waals surface area contributed by atoms with Gasteiger partial charge in [0.1, 0.15) is 0 Å². The molecule has 3 aromatic rings. The Bertz CT molecular complexity index is 767. The highest BCUT2D eigenvalue weighted by atomic mass is 32.1. The number of rotatable bonds is 5. The maximum absolute atomic E-state index is 12.2. The van der Waals surface area contributed by atoms with E-state index in [1.165, 1.54) is 0 Å².